The van der Waals surface area contributed by atoms with Crippen LogP contribution in [0.5, 0.6) is 0 Å². The third-order valence-corrected chi connectivity index (χ3v) is 3.77. The van der Waals surface area contributed by atoms with Gasteiger partial charge < -0.3 is 15.4 Å². The van der Waals surface area contributed by atoms with E-state index in [1.165, 1.54) is 12.0 Å². The Labute approximate surface area is 101 Å². The van der Waals surface area contributed by atoms with Crippen LogP contribution in [0.15, 0.2) is 0 Å². The Morgan fingerprint density at radius 2 is 1.88 bits per heavy atom. The average Bonchev–Trinajstić information content (AvgIpc) is 2.29. The number of nitrogens with zero attached hydrogens (tertiary/aromatic N) is 2. The summed E-state index contributed by atoms with van der Waals surface area (Å²) in [5, 5.41) is 4.99. The van der Waals surface area contributed by atoms with Crippen molar-refractivity contribution in [2.75, 3.05) is 39.8 Å². The first-order chi connectivity index (χ1) is 7.90. The second kappa shape index (κ2) is 5.74. The van der Waals surface area contributed by atoms with Gasteiger partial charge in [0, 0.05) is 39.8 Å². The Morgan fingerprint density at radius 3 is 2.24 bits per heavy atom. The zero-order valence-corrected chi connectivity index (χ0v) is 10.5. The number of hydrogen-bond acceptors (Lipinski definition) is 5. The topological polar surface area (TPSA) is 119 Å². The number of nitrogens with two attached hydrogens (primary N) is 2. The number of rotatable bonds is 4. The van der Waals surface area contributed by atoms with Crippen molar-refractivity contribution in [2.45, 2.75) is 6.10 Å². The van der Waals surface area contributed by atoms with Crippen LogP contribution < -0.4 is 10.9 Å². The van der Waals surface area contributed by atoms with Gasteiger partial charge in [0.2, 0.25) is 0 Å². The molecular weight excluding hydrogens is 248 g/mol. The van der Waals surface area contributed by atoms with Crippen molar-refractivity contribution >= 4 is 16.1 Å². The highest BCUT2D eigenvalue weighted by atomic mass is 32.2. The largest absolute Gasteiger partial charge is 0.370 e. The first kappa shape index (κ1) is 14.3. The van der Waals surface area contributed by atoms with Crippen molar-refractivity contribution in [2.24, 2.45) is 10.9 Å². The molecule has 1 aliphatic rings. The lowest BCUT2D eigenvalue weighted by Crippen LogP contribution is -2.55. The van der Waals surface area contributed by atoms with Crippen molar-refractivity contribution in [3.05, 3.63) is 0 Å². The minimum atomic E-state index is -3.67. The van der Waals surface area contributed by atoms with Crippen molar-refractivity contribution in [3.63, 3.8) is 0 Å². The molecule has 4 N–H and O–H groups in total. The summed E-state index contributed by atoms with van der Waals surface area (Å²) < 4.78 is 28.2. The molecule has 1 fully saturated rings. The minimum absolute atomic E-state index is 0.102. The summed E-state index contributed by atoms with van der Waals surface area (Å²) in [5.74, 6) is -0.218. The van der Waals surface area contributed by atoms with Crippen LogP contribution in [0.25, 0.3) is 0 Å². The molecule has 1 unspecified atom stereocenters. The van der Waals surface area contributed by atoms with Crippen molar-refractivity contribution in [1.29, 1.82) is 0 Å². The predicted molar refractivity (Wildman–Crippen MR) is 61.1 cm³/mol. The van der Waals surface area contributed by atoms with E-state index in [0.29, 0.717) is 13.1 Å². The summed E-state index contributed by atoms with van der Waals surface area (Å²) in [6.45, 7) is 1.10. The molecule has 100 valence electrons. The lowest BCUT2D eigenvalue weighted by Gasteiger charge is -2.34. The number of carbonyl (C=O) groups is 1. The highest BCUT2D eigenvalue weighted by molar-refractivity contribution is 7.86. The molecule has 9 heteroatoms. The number of piperazine rings is 1. The molecular formula is C8H18N4O4S. The zero-order chi connectivity index (χ0) is 13.1. The highest BCUT2D eigenvalue weighted by Crippen LogP contribution is 2.07. The maximum atomic E-state index is 11.8. The van der Waals surface area contributed by atoms with Gasteiger partial charge in [0.25, 0.3) is 16.1 Å². The molecule has 0 aromatic carbocycles. The molecule has 0 spiro atoms. The van der Waals surface area contributed by atoms with Gasteiger partial charge in [0.05, 0.1) is 0 Å². The van der Waals surface area contributed by atoms with Crippen LogP contribution in [0, 0.1) is 0 Å². The van der Waals surface area contributed by atoms with Gasteiger partial charge in [0.1, 0.15) is 6.10 Å². The fourth-order valence-electron chi connectivity index (χ4n) is 1.66. The third kappa shape index (κ3) is 3.61. The quantitative estimate of drug-likeness (QED) is 0.574. The predicted octanol–water partition coefficient (Wildman–Crippen LogP) is -2.69. The van der Waals surface area contributed by atoms with Gasteiger partial charge in [-0.2, -0.15) is 12.7 Å². The monoisotopic (exact) mass is 266 g/mol. The average molecular weight is 266 g/mol. The number of amides is 1. The highest BCUT2D eigenvalue weighted by Gasteiger charge is 2.29. The SMILES string of the molecule is COC(CN)C(=O)N1CCN(S(N)(=O)=O)CC1. The second-order valence-corrected chi connectivity index (χ2v) is 5.28. The summed E-state index contributed by atoms with van der Waals surface area (Å²) in [5.41, 5.74) is 5.39. The number of hydrogen-bond donors (Lipinski definition) is 2. The van der Waals surface area contributed by atoms with Crippen LogP contribution in [0.4, 0.5) is 0 Å². The number of ether oxygens (including phenoxy) is 1. The maximum Gasteiger partial charge on any atom is 0.277 e. The molecule has 1 aliphatic heterocycles. The Hall–Kier alpha value is -0.740. The molecule has 1 amide bonds. The van der Waals surface area contributed by atoms with Crippen molar-refractivity contribution in [3.8, 4) is 0 Å². The molecule has 0 aromatic rings. The van der Waals surface area contributed by atoms with Gasteiger partial charge in [-0.3, -0.25) is 4.79 Å². The van der Waals surface area contributed by atoms with Gasteiger partial charge in [0.15, 0.2) is 0 Å². The Bertz CT molecular complexity index is 360. The van der Waals surface area contributed by atoms with Crippen LogP contribution in [0.2, 0.25) is 0 Å². The lowest BCUT2D eigenvalue weighted by molar-refractivity contribution is -0.142. The number of carbonyl (C=O) groups excluding carboxylic acids is 1. The normalized spacial score (nSPS) is 20.3. The smallest absolute Gasteiger partial charge is 0.277 e. The first-order valence-corrected chi connectivity index (χ1v) is 6.70. The van der Waals surface area contributed by atoms with Crippen molar-refractivity contribution in [1.82, 2.24) is 9.21 Å². The fraction of sp³-hybridized carbons (Fsp3) is 0.875. The van der Waals surface area contributed by atoms with Gasteiger partial charge in [-0.15, -0.1) is 0 Å². The summed E-state index contributed by atoms with van der Waals surface area (Å²) in [6.07, 6.45) is -0.670. The zero-order valence-electron chi connectivity index (χ0n) is 9.70. The molecule has 0 saturated carbocycles. The first-order valence-electron chi connectivity index (χ1n) is 5.19. The van der Waals surface area contributed by atoms with Crippen LogP contribution in [0.3, 0.4) is 0 Å². The van der Waals surface area contributed by atoms with Crippen LogP contribution in [0.1, 0.15) is 0 Å². The van der Waals surface area contributed by atoms with Crippen molar-refractivity contribution < 1.29 is 17.9 Å². The van der Waals surface area contributed by atoms with Gasteiger partial charge >= 0.3 is 0 Å². The molecule has 1 saturated heterocycles. The summed E-state index contributed by atoms with van der Waals surface area (Å²) in [7, 11) is -2.25. The van der Waals surface area contributed by atoms with Crippen LogP contribution in [-0.4, -0.2) is 69.5 Å². The van der Waals surface area contributed by atoms with E-state index in [9.17, 15) is 13.2 Å². The molecule has 1 heterocycles. The van der Waals surface area contributed by atoms with E-state index in [4.69, 9.17) is 15.6 Å². The molecule has 0 bridgehead atoms. The maximum absolute atomic E-state index is 11.8. The van der Waals surface area contributed by atoms with Gasteiger partial charge in [-0.25, -0.2) is 5.14 Å². The lowest BCUT2D eigenvalue weighted by atomic mass is 10.2. The van der Waals surface area contributed by atoms with Crippen LogP contribution >= 0.6 is 0 Å². The molecule has 8 nitrogen and oxygen atoms in total. The Balaban J connectivity index is 2.55. The standard InChI is InChI=1S/C8H18N4O4S/c1-16-7(6-9)8(13)11-2-4-12(5-3-11)17(10,14)15/h7H,2-6,9H2,1H3,(H2,10,14,15). The van der Waals surface area contributed by atoms with E-state index in [1.807, 2.05) is 0 Å². The molecule has 17 heavy (non-hydrogen) atoms. The Morgan fingerprint density at radius 1 is 1.35 bits per heavy atom. The number of methoxy groups -OCH3 is 1. The van der Waals surface area contributed by atoms with E-state index in [-0.39, 0.29) is 25.5 Å². The summed E-state index contributed by atoms with van der Waals surface area (Å²) in [6, 6.07) is 0. The Kier molecular flexibility index (Phi) is 4.83. The van der Waals surface area contributed by atoms with E-state index in [1.54, 1.807) is 0 Å². The molecule has 0 radical (unpaired) electrons. The minimum Gasteiger partial charge on any atom is -0.370 e. The molecule has 0 aliphatic carbocycles. The van der Waals surface area contributed by atoms with Crippen LogP contribution in [-0.2, 0) is 19.7 Å². The third-order valence-electron chi connectivity index (χ3n) is 2.68. The molecule has 0 aromatic heterocycles. The fourth-order valence-corrected chi connectivity index (χ4v) is 2.34. The summed E-state index contributed by atoms with van der Waals surface area (Å²) >= 11 is 0. The summed E-state index contributed by atoms with van der Waals surface area (Å²) in [4.78, 5) is 13.4. The molecule has 1 atom stereocenters. The van der Waals surface area contributed by atoms with E-state index < -0.39 is 16.3 Å². The van der Waals surface area contributed by atoms with Gasteiger partial charge in [-0.05, 0) is 0 Å². The second-order valence-electron chi connectivity index (χ2n) is 3.73. The molecule has 1 rings (SSSR count). The van der Waals surface area contributed by atoms with E-state index in [0.717, 1.165) is 4.31 Å². The van der Waals surface area contributed by atoms with E-state index in [2.05, 4.69) is 0 Å². The van der Waals surface area contributed by atoms with E-state index >= 15 is 0 Å². The van der Waals surface area contributed by atoms with Gasteiger partial charge in [-0.1, -0.05) is 0 Å².